The number of nitrogens with zero attached hydrogens (tertiary/aromatic N) is 1. The molecule has 5 aliphatic carbocycles. The molecule has 0 bridgehead atoms. The molecule has 8 atom stereocenters. The van der Waals surface area contributed by atoms with Crippen LogP contribution < -0.4 is 5.32 Å². The Bertz CT molecular complexity index is 1480. The lowest BCUT2D eigenvalue weighted by molar-refractivity contribution is -0.222. The lowest BCUT2D eigenvalue weighted by Crippen LogP contribution is -2.65. The number of benzene rings is 1. The molecular weight excluding hydrogens is 564 g/mol. The van der Waals surface area contributed by atoms with Crippen LogP contribution in [0.15, 0.2) is 41.9 Å². The van der Waals surface area contributed by atoms with Crippen molar-refractivity contribution in [1.29, 1.82) is 0 Å². The average Bonchev–Trinajstić information content (AvgIpc) is 3.67. The maximum absolute atomic E-state index is 14.0. The Morgan fingerprint density at radius 1 is 0.909 bits per heavy atom. The second-order valence-electron chi connectivity index (χ2n) is 16.4. The number of thiazole rings is 1. The van der Waals surface area contributed by atoms with Gasteiger partial charge in [0.2, 0.25) is 5.91 Å². The number of nitrogens with one attached hydrogen (secondary N) is 1. The largest absolute Gasteiger partial charge is 0.478 e. The molecule has 2 aromatic rings. The molecule has 0 spiro atoms. The molecule has 4 fully saturated rings. The zero-order chi connectivity index (χ0) is 31.1. The van der Waals surface area contributed by atoms with Gasteiger partial charge >= 0.3 is 5.97 Å². The van der Waals surface area contributed by atoms with Crippen LogP contribution in [0.3, 0.4) is 0 Å². The number of carboxylic acid groups (broad SMARTS) is 1. The van der Waals surface area contributed by atoms with Crippen molar-refractivity contribution in [1.82, 2.24) is 10.3 Å². The Hall–Kier alpha value is -2.47. The third kappa shape index (κ3) is 4.11. The van der Waals surface area contributed by atoms with E-state index in [1.165, 1.54) is 49.7 Å². The fourth-order valence-corrected chi connectivity index (χ4v) is 13.1. The van der Waals surface area contributed by atoms with Crippen molar-refractivity contribution in [3.63, 3.8) is 0 Å². The quantitative estimate of drug-likeness (QED) is 0.352. The fraction of sp³-hybridized carbons (Fsp3) is 0.658. The predicted octanol–water partition coefficient (Wildman–Crippen LogP) is 9.01. The van der Waals surface area contributed by atoms with Crippen molar-refractivity contribution in [3.05, 3.63) is 58.1 Å². The second kappa shape index (κ2) is 10.3. The molecule has 1 aromatic heterocycles. The first-order valence-electron chi connectivity index (χ1n) is 17.1. The first kappa shape index (κ1) is 30.2. The monoisotopic (exact) mass is 614 g/mol. The highest BCUT2D eigenvalue weighted by Gasteiger charge is 2.70. The Labute approximate surface area is 267 Å². The Balaban J connectivity index is 1.17. The van der Waals surface area contributed by atoms with Crippen LogP contribution >= 0.6 is 11.3 Å². The summed E-state index contributed by atoms with van der Waals surface area (Å²) in [4.78, 5) is 29.9. The van der Waals surface area contributed by atoms with E-state index >= 15 is 0 Å². The lowest BCUT2D eigenvalue weighted by Gasteiger charge is -2.72. The van der Waals surface area contributed by atoms with E-state index < -0.39 is 5.97 Å². The van der Waals surface area contributed by atoms with Crippen LogP contribution in [0.5, 0.6) is 0 Å². The summed E-state index contributed by atoms with van der Waals surface area (Å²) in [6, 6.07) is 7.55. The van der Waals surface area contributed by atoms with Gasteiger partial charge in [0, 0.05) is 11.6 Å². The van der Waals surface area contributed by atoms with Crippen molar-refractivity contribution in [3.8, 4) is 0 Å². The summed E-state index contributed by atoms with van der Waals surface area (Å²) in [6.07, 6.45) is 16.0. The summed E-state index contributed by atoms with van der Waals surface area (Å²) in [7, 11) is 0. The highest BCUT2D eigenvalue weighted by Crippen LogP contribution is 2.77. The van der Waals surface area contributed by atoms with Crippen LogP contribution in [-0.2, 0) is 11.3 Å². The molecule has 5 nitrogen and oxygen atoms in total. The van der Waals surface area contributed by atoms with Gasteiger partial charge in [-0.3, -0.25) is 4.79 Å². The Kier molecular flexibility index (Phi) is 7.05. The molecular formula is C38H50N2O3S. The first-order valence-corrected chi connectivity index (χ1v) is 18.0. The first-order chi connectivity index (χ1) is 20.9. The van der Waals surface area contributed by atoms with Gasteiger partial charge in [0.1, 0.15) is 5.01 Å². The molecule has 2 N–H and O–H groups in total. The predicted molar refractivity (Wildman–Crippen MR) is 176 cm³/mol. The number of allylic oxidation sites excluding steroid dienone is 2. The zero-order valence-electron chi connectivity index (χ0n) is 27.2. The van der Waals surface area contributed by atoms with Crippen molar-refractivity contribution in [2.24, 2.45) is 50.7 Å². The van der Waals surface area contributed by atoms with E-state index in [1.807, 2.05) is 23.7 Å². The molecule has 6 heteroatoms. The van der Waals surface area contributed by atoms with E-state index in [2.05, 4.69) is 51.0 Å². The molecule has 236 valence electrons. The highest BCUT2D eigenvalue weighted by molar-refractivity contribution is 7.09. The number of fused-ring (bicyclic) bond motifs is 7. The maximum atomic E-state index is 14.0. The number of carbonyl (C=O) groups is 2. The van der Waals surface area contributed by atoms with E-state index in [9.17, 15) is 14.7 Å². The van der Waals surface area contributed by atoms with Gasteiger partial charge in [-0.2, -0.15) is 0 Å². The van der Waals surface area contributed by atoms with Crippen LogP contribution in [0.4, 0.5) is 0 Å². The topological polar surface area (TPSA) is 79.3 Å². The van der Waals surface area contributed by atoms with Gasteiger partial charge in [-0.15, -0.1) is 11.3 Å². The minimum absolute atomic E-state index is 0.0134. The number of hydrogen-bond donors (Lipinski definition) is 2. The molecule has 7 unspecified atom stereocenters. The van der Waals surface area contributed by atoms with Gasteiger partial charge in [-0.25, -0.2) is 9.78 Å². The zero-order valence-corrected chi connectivity index (χ0v) is 28.1. The molecule has 4 saturated carbocycles. The summed E-state index contributed by atoms with van der Waals surface area (Å²) >= 11 is 1.62. The molecule has 0 saturated heterocycles. The van der Waals surface area contributed by atoms with E-state index in [1.54, 1.807) is 23.5 Å². The molecule has 0 radical (unpaired) electrons. The standard InChI is InChI=1S/C38H50N2O3S/c1-34(2)26(24-8-10-25(11-9-24)32(41)42)14-17-35(3)29(34)15-18-37(5)30(35)13-12-27-28-7-6-16-38(28,20-19-36(27,37)4)33(43)40-23-31-39-21-22-44-31/h8-11,14,21-22,27-30H,6-7,12-13,15-20,23H2,1-5H3,(H,40,43)(H,41,42)/t27?,28?,29?,30?,35?,36-,37?,38?/m1/s1. The molecule has 7 rings (SSSR count). The molecule has 0 aliphatic heterocycles. The van der Waals surface area contributed by atoms with Gasteiger partial charge in [0.15, 0.2) is 0 Å². The fourth-order valence-electron chi connectivity index (χ4n) is 12.5. The van der Waals surface area contributed by atoms with Gasteiger partial charge < -0.3 is 10.4 Å². The Morgan fingerprint density at radius 3 is 2.39 bits per heavy atom. The minimum atomic E-state index is -0.870. The van der Waals surface area contributed by atoms with E-state index in [0.29, 0.717) is 41.7 Å². The molecule has 44 heavy (non-hydrogen) atoms. The van der Waals surface area contributed by atoms with Gasteiger partial charge in [-0.1, -0.05) is 59.2 Å². The molecule has 1 amide bonds. The number of amides is 1. The summed E-state index contributed by atoms with van der Waals surface area (Å²) < 4.78 is 0. The minimum Gasteiger partial charge on any atom is -0.478 e. The normalized spacial score (nSPS) is 40.5. The van der Waals surface area contributed by atoms with E-state index in [-0.39, 0.29) is 27.1 Å². The summed E-state index contributed by atoms with van der Waals surface area (Å²) in [5.74, 6) is 1.77. The van der Waals surface area contributed by atoms with Crippen LogP contribution in [0.25, 0.3) is 5.57 Å². The van der Waals surface area contributed by atoms with Crippen LogP contribution in [0, 0.1) is 50.7 Å². The van der Waals surface area contributed by atoms with Crippen molar-refractivity contribution >= 4 is 28.8 Å². The molecule has 1 heterocycles. The van der Waals surface area contributed by atoms with Crippen LogP contribution in [0.2, 0.25) is 0 Å². The summed E-state index contributed by atoms with van der Waals surface area (Å²) in [6.45, 7) is 13.4. The number of hydrogen-bond acceptors (Lipinski definition) is 4. The number of carbonyl (C=O) groups excluding carboxylic acids is 1. The van der Waals surface area contributed by atoms with Gasteiger partial charge in [0.05, 0.1) is 17.5 Å². The summed E-state index contributed by atoms with van der Waals surface area (Å²) in [5, 5.41) is 15.8. The number of rotatable bonds is 5. The van der Waals surface area contributed by atoms with Crippen LogP contribution in [-0.4, -0.2) is 22.0 Å². The van der Waals surface area contributed by atoms with E-state index in [0.717, 1.165) is 30.7 Å². The third-order valence-electron chi connectivity index (χ3n) is 14.7. The van der Waals surface area contributed by atoms with Crippen molar-refractivity contribution in [2.45, 2.75) is 105 Å². The maximum Gasteiger partial charge on any atom is 0.335 e. The number of aromatic nitrogens is 1. The summed E-state index contributed by atoms with van der Waals surface area (Å²) in [5.41, 5.74) is 3.45. The third-order valence-corrected chi connectivity index (χ3v) is 15.5. The SMILES string of the molecule is CC1(C)C(c2ccc(C(=O)O)cc2)=CCC2(C)C1CCC1(C)C2CCC2C3CCCC3(C(=O)NCc3nccs3)CC[C@]21C. The number of aromatic carboxylic acids is 1. The lowest BCUT2D eigenvalue weighted by atomic mass is 9.32. The number of carboxylic acids is 1. The van der Waals surface area contributed by atoms with Crippen molar-refractivity contribution in [2.75, 3.05) is 0 Å². The second-order valence-corrected chi connectivity index (χ2v) is 17.3. The van der Waals surface area contributed by atoms with E-state index in [4.69, 9.17) is 0 Å². The van der Waals surface area contributed by atoms with Gasteiger partial charge in [0.25, 0.3) is 0 Å². The highest BCUT2D eigenvalue weighted by atomic mass is 32.1. The molecule has 5 aliphatic rings. The average molecular weight is 615 g/mol. The van der Waals surface area contributed by atoms with Gasteiger partial charge in [-0.05, 0) is 126 Å². The molecule has 1 aromatic carbocycles. The smallest absolute Gasteiger partial charge is 0.335 e. The Morgan fingerprint density at radius 2 is 1.68 bits per heavy atom. The van der Waals surface area contributed by atoms with Crippen LogP contribution in [0.1, 0.15) is 120 Å². The van der Waals surface area contributed by atoms with Crippen molar-refractivity contribution < 1.29 is 14.7 Å².